The van der Waals surface area contributed by atoms with E-state index >= 15 is 0 Å². The highest BCUT2D eigenvalue weighted by molar-refractivity contribution is 5.91. The van der Waals surface area contributed by atoms with Gasteiger partial charge in [-0.1, -0.05) is 30.3 Å². The molecule has 1 spiro atoms. The highest BCUT2D eigenvalue weighted by Crippen LogP contribution is 2.47. The molecule has 1 N–H and O–H groups in total. The summed E-state index contributed by atoms with van der Waals surface area (Å²) >= 11 is 0. The topological polar surface area (TPSA) is 73.6 Å². The molecule has 0 unspecified atom stereocenters. The summed E-state index contributed by atoms with van der Waals surface area (Å²) in [5, 5.41) is 2.94. The minimum atomic E-state index is -0.486. The van der Waals surface area contributed by atoms with Crippen LogP contribution in [-0.2, 0) is 11.2 Å². The number of nitrogens with one attached hydrogen (secondary N) is 1. The Kier molecular flexibility index (Phi) is 4.91. The zero-order valence-corrected chi connectivity index (χ0v) is 16.7. The standard InChI is InChI=1S/C24H24N2O4/c27-22(9-6-10-23-25-16-21(28-23)17-7-2-1-3-8-17)26-18-11-12-19-20(15-18)30-24(29-19)13-4-5-14-24/h1-3,7-8,11-12,15-16H,4-6,9-10,13-14H2,(H,26,27). The van der Waals surface area contributed by atoms with Gasteiger partial charge in [0.1, 0.15) is 0 Å². The van der Waals surface area contributed by atoms with Gasteiger partial charge in [0.15, 0.2) is 23.1 Å². The molecule has 2 heterocycles. The van der Waals surface area contributed by atoms with Crippen LogP contribution in [-0.4, -0.2) is 16.7 Å². The minimum Gasteiger partial charge on any atom is -0.448 e. The van der Waals surface area contributed by atoms with E-state index in [9.17, 15) is 4.79 Å². The number of carbonyl (C=O) groups is 1. The zero-order valence-electron chi connectivity index (χ0n) is 16.7. The first-order valence-corrected chi connectivity index (χ1v) is 10.5. The van der Waals surface area contributed by atoms with Gasteiger partial charge in [0.05, 0.1) is 6.20 Å². The number of aryl methyl sites for hydroxylation is 1. The first-order valence-electron chi connectivity index (χ1n) is 10.5. The molecule has 1 aromatic heterocycles. The number of hydrogen-bond donors (Lipinski definition) is 1. The van der Waals surface area contributed by atoms with E-state index in [1.165, 1.54) is 0 Å². The Morgan fingerprint density at radius 2 is 1.83 bits per heavy atom. The third kappa shape index (κ3) is 3.90. The lowest BCUT2D eigenvalue weighted by Gasteiger charge is -2.21. The van der Waals surface area contributed by atoms with Gasteiger partial charge in [-0.15, -0.1) is 0 Å². The number of benzene rings is 2. The van der Waals surface area contributed by atoms with Crippen LogP contribution in [0.5, 0.6) is 11.5 Å². The van der Waals surface area contributed by atoms with Gasteiger partial charge in [0.25, 0.3) is 5.79 Å². The SMILES string of the molecule is O=C(CCCc1ncc(-c2ccccc2)o1)Nc1ccc2c(c1)OC1(CCCC1)O2. The summed E-state index contributed by atoms with van der Waals surface area (Å²) in [6.07, 6.45) is 7.46. The minimum absolute atomic E-state index is 0.0423. The van der Waals surface area contributed by atoms with Gasteiger partial charge >= 0.3 is 0 Å². The van der Waals surface area contributed by atoms with Crippen LogP contribution in [0.1, 0.15) is 44.4 Å². The summed E-state index contributed by atoms with van der Waals surface area (Å²) in [6.45, 7) is 0. The van der Waals surface area contributed by atoms with E-state index in [0.717, 1.165) is 48.4 Å². The molecule has 0 bridgehead atoms. The van der Waals surface area contributed by atoms with E-state index in [1.807, 2.05) is 48.5 Å². The molecule has 0 radical (unpaired) electrons. The first-order chi connectivity index (χ1) is 14.7. The molecule has 2 aromatic carbocycles. The molecule has 1 fully saturated rings. The van der Waals surface area contributed by atoms with E-state index in [2.05, 4.69) is 10.3 Å². The van der Waals surface area contributed by atoms with Gasteiger partial charge in [0, 0.05) is 43.0 Å². The highest BCUT2D eigenvalue weighted by Gasteiger charge is 2.44. The second kappa shape index (κ2) is 7.86. The number of ether oxygens (including phenoxy) is 2. The number of amides is 1. The number of aromatic nitrogens is 1. The van der Waals surface area contributed by atoms with Gasteiger partial charge in [-0.05, 0) is 31.4 Å². The van der Waals surface area contributed by atoms with Crippen molar-refractivity contribution in [3.8, 4) is 22.8 Å². The Morgan fingerprint density at radius 3 is 2.67 bits per heavy atom. The van der Waals surface area contributed by atoms with E-state index in [0.29, 0.717) is 30.9 Å². The molecule has 1 aliphatic heterocycles. The number of oxazole rings is 1. The molecule has 0 saturated heterocycles. The van der Waals surface area contributed by atoms with Gasteiger partial charge in [-0.25, -0.2) is 4.98 Å². The maximum absolute atomic E-state index is 12.3. The lowest BCUT2D eigenvalue weighted by Crippen LogP contribution is -2.34. The van der Waals surface area contributed by atoms with Crippen molar-refractivity contribution in [3.05, 3.63) is 60.6 Å². The quantitative estimate of drug-likeness (QED) is 0.600. The molecule has 30 heavy (non-hydrogen) atoms. The second-order valence-corrected chi connectivity index (χ2v) is 7.87. The van der Waals surface area contributed by atoms with Crippen molar-refractivity contribution in [1.82, 2.24) is 4.98 Å². The average molecular weight is 404 g/mol. The van der Waals surface area contributed by atoms with Crippen molar-refractivity contribution < 1.29 is 18.7 Å². The van der Waals surface area contributed by atoms with E-state index < -0.39 is 5.79 Å². The van der Waals surface area contributed by atoms with Gasteiger partial charge < -0.3 is 19.2 Å². The van der Waals surface area contributed by atoms with E-state index in [4.69, 9.17) is 13.9 Å². The number of rotatable bonds is 6. The maximum atomic E-state index is 12.3. The molecule has 6 heteroatoms. The van der Waals surface area contributed by atoms with Crippen molar-refractivity contribution in [2.75, 3.05) is 5.32 Å². The molecule has 0 atom stereocenters. The van der Waals surface area contributed by atoms with Gasteiger partial charge in [0.2, 0.25) is 5.91 Å². The molecular formula is C24H24N2O4. The molecular weight excluding hydrogens is 380 g/mol. The van der Waals surface area contributed by atoms with Crippen molar-refractivity contribution in [2.45, 2.75) is 50.7 Å². The van der Waals surface area contributed by atoms with Crippen LogP contribution in [0.3, 0.4) is 0 Å². The molecule has 3 aromatic rings. The molecule has 1 aliphatic carbocycles. The predicted octanol–water partition coefficient (Wildman–Crippen LogP) is 5.34. The second-order valence-electron chi connectivity index (χ2n) is 7.87. The third-order valence-electron chi connectivity index (χ3n) is 5.59. The summed E-state index contributed by atoms with van der Waals surface area (Å²) in [5.41, 5.74) is 1.72. The normalized spacial score (nSPS) is 16.1. The fourth-order valence-electron chi connectivity index (χ4n) is 4.07. The average Bonchev–Trinajstić information content (AvgIpc) is 3.49. The van der Waals surface area contributed by atoms with Crippen molar-refractivity contribution >= 4 is 11.6 Å². The molecule has 154 valence electrons. The predicted molar refractivity (Wildman–Crippen MR) is 112 cm³/mol. The fraction of sp³-hybridized carbons (Fsp3) is 0.333. The van der Waals surface area contributed by atoms with Crippen LogP contribution in [0.25, 0.3) is 11.3 Å². The smallest absolute Gasteiger partial charge is 0.251 e. The van der Waals surface area contributed by atoms with Crippen LogP contribution in [0.15, 0.2) is 59.1 Å². The summed E-state index contributed by atoms with van der Waals surface area (Å²) in [7, 11) is 0. The van der Waals surface area contributed by atoms with Crippen LogP contribution in [0.2, 0.25) is 0 Å². The Labute approximate surface area is 175 Å². The Bertz CT molecular complexity index is 1040. The Morgan fingerprint density at radius 1 is 1.03 bits per heavy atom. The molecule has 1 amide bonds. The summed E-state index contributed by atoms with van der Waals surface area (Å²) < 4.78 is 17.9. The van der Waals surface area contributed by atoms with Crippen molar-refractivity contribution in [1.29, 1.82) is 0 Å². The summed E-state index contributed by atoms with van der Waals surface area (Å²) in [6, 6.07) is 15.4. The van der Waals surface area contributed by atoms with Gasteiger partial charge in [-0.3, -0.25) is 4.79 Å². The molecule has 5 rings (SSSR count). The number of nitrogens with zero attached hydrogens (tertiary/aromatic N) is 1. The highest BCUT2D eigenvalue weighted by atomic mass is 16.7. The van der Waals surface area contributed by atoms with E-state index in [1.54, 1.807) is 6.20 Å². The van der Waals surface area contributed by atoms with Crippen molar-refractivity contribution in [2.24, 2.45) is 0 Å². The van der Waals surface area contributed by atoms with Crippen LogP contribution >= 0.6 is 0 Å². The number of fused-ring (bicyclic) bond motifs is 1. The van der Waals surface area contributed by atoms with Gasteiger partial charge in [-0.2, -0.15) is 0 Å². The van der Waals surface area contributed by atoms with Crippen molar-refractivity contribution in [3.63, 3.8) is 0 Å². The third-order valence-corrected chi connectivity index (χ3v) is 5.59. The first kappa shape index (κ1) is 18.7. The van der Waals surface area contributed by atoms with Crippen LogP contribution < -0.4 is 14.8 Å². The fourth-order valence-corrected chi connectivity index (χ4v) is 4.07. The Hall–Kier alpha value is -3.28. The number of carbonyl (C=O) groups excluding carboxylic acids is 1. The number of hydrogen-bond acceptors (Lipinski definition) is 5. The molecule has 6 nitrogen and oxygen atoms in total. The van der Waals surface area contributed by atoms with Crippen LogP contribution in [0.4, 0.5) is 5.69 Å². The number of anilines is 1. The maximum Gasteiger partial charge on any atom is 0.251 e. The zero-order chi connectivity index (χ0) is 20.4. The lowest BCUT2D eigenvalue weighted by molar-refractivity contribution is -0.116. The molecule has 2 aliphatic rings. The lowest BCUT2D eigenvalue weighted by atomic mass is 10.2. The summed E-state index contributed by atoms with van der Waals surface area (Å²) in [5.74, 6) is 2.33. The largest absolute Gasteiger partial charge is 0.448 e. The van der Waals surface area contributed by atoms with E-state index in [-0.39, 0.29) is 5.91 Å². The monoisotopic (exact) mass is 404 g/mol. The Balaban J connectivity index is 1.12. The summed E-state index contributed by atoms with van der Waals surface area (Å²) in [4.78, 5) is 16.7. The molecule has 1 saturated carbocycles. The van der Waals surface area contributed by atoms with Crippen LogP contribution in [0, 0.1) is 0 Å².